The van der Waals surface area contributed by atoms with Crippen molar-refractivity contribution >= 4 is 51.8 Å². The maximum Gasteiger partial charge on any atom is 0.308 e. The first-order valence-corrected chi connectivity index (χ1v) is 16.5. The van der Waals surface area contributed by atoms with Crippen LogP contribution >= 0.6 is 11.6 Å². The molecule has 0 spiro atoms. The Morgan fingerprint density at radius 2 is 1.75 bits per heavy atom. The molecule has 1 unspecified atom stereocenters. The molecule has 0 bridgehead atoms. The van der Waals surface area contributed by atoms with Gasteiger partial charge in [-0.15, -0.1) is 0 Å². The molecule has 0 radical (unpaired) electrons. The number of fused-ring (bicyclic) bond motifs is 1. The zero-order valence-corrected chi connectivity index (χ0v) is 28.5. The number of nitrogens with one attached hydrogen (secondary N) is 1. The number of ketones is 1. The Morgan fingerprint density at radius 3 is 2.42 bits per heavy atom. The van der Waals surface area contributed by atoms with Gasteiger partial charge in [-0.1, -0.05) is 29.8 Å². The zero-order valence-electron chi connectivity index (χ0n) is 27.7. The van der Waals surface area contributed by atoms with Crippen molar-refractivity contribution in [3.63, 3.8) is 0 Å². The van der Waals surface area contributed by atoms with Gasteiger partial charge in [0.2, 0.25) is 11.7 Å². The second-order valence-electron chi connectivity index (χ2n) is 12.6. The molecule has 1 saturated carbocycles. The lowest BCUT2D eigenvalue weighted by atomic mass is 9.87. The second-order valence-corrected chi connectivity index (χ2v) is 13.0. The van der Waals surface area contributed by atoms with Crippen LogP contribution in [0.15, 0.2) is 42.6 Å². The lowest BCUT2D eigenvalue weighted by Gasteiger charge is -2.43. The molecule has 1 aromatic heterocycles. The quantitative estimate of drug-likeness (QED) is 0.211. The average Bonchev–Trinajstić information content (AvgIpc) is 3.74. The molecule has 3 aromatic rings. The van der Waals surface area contributed by atoms with Crippen LogP contribution in [0.1, 0.15) is 54.4 Å². The van der Waals surface area contributed by atoms with E-state index in [0.717, 1.165) is 29.8 Å². The van der Waals surface area contributed by atoms with Crippen LogP contribution in [-0.4, -0.2) is 90.9 Å². The standard InChI is InChI=1S/C35H42ClFN4O7/c1-39(2)32(43)21-47-35(41-15-7-8-16-41,48-24-13-11-22(12-14-24)34(45)46-4)31(42)18-23-17-27(36)29(19-28(23)37)38-33(44)26-20-40(3)30-10-6-5-9-25(26)30/h5-6,9-10,17,19-20,22,24H,7-8,11-16,18,21H2,1-4H3,(H,38,44). The normalized spacial score (nSPS) is 19.5. The summed E-state index contributed by atoms with van der Waals surface area (Å²) in [5, 5.41) is 3.48. The molecule has 48 heavy (non-hydrogen) atoms. The van der Waals surface area contributed by atoms with Gasteiger partial charge in [0, 0.05) is 57.8 Å². The number of benzene rings is 2. The Kier molecular flexibility index (Phi) is 11.2. The van der Waals surface area contributed by atoms with Crippen molar-refractivity contribution in [2.75, 3.05) is 46.2 Å². The number of ether oxygens (including phenoxy) is 3. The van der Waals surface area contributed by atoms with Crippen LogP contribution in [0, 0.1) is 11.7 Å². The Morgan fingerprint density at radius 1 is 1.06 bits per heavy atom. The molecule has 2 amide bonds. The number of hydrogen-bond donors (Lipinski definition) is 1. The summed E-state index contributed by atoms with van der Waals surface area (Å²) >= 11 is 6.57. The largest absolute Gasteiger partial charge is 0.469 e. The van der Waals surface area contributed by atoms with Gasteiger partial charge < -0.3 is 29.0 Å². The fraction of sp³-hybridized carbons (Fsp3) is 0.486. The van der Waals surface area contributed by atoms with Gasteiger partial charge in [0.1, 0.15) is 12.4 Å². The molecule has 1 N–H and O–H groups in total. The van der Waals surface area contributed by atoms with Crippen LogP contribution in [0.3, 0.4) is 0 Å². The zero-order chi connectivity index (χ0) is 34.6. The predicted octanol–water partition coefficient (Wildman–Crippen LogP) is 4.94. The van der Waals surface area contributed by atoms with Crippen LogP contribution in [0.5, 0.6) is 0 Å². The number of esters is 1. The Labute approximate surface area is 284 Å². The number of rotatable bonds is 12. The van der Waals surface area contributed by atoms with Crippen molar-refractivity contribution in [1.29, 1.82) is 0 Å². The second kappa shape index (κ2) is 15.1. The average molecular weight is 685 g/mol. The molecule has 1 aliphatic heterocycles. The molecule has 2 heterocycles. The van der Waals surface area contributed by atoms with Gasteiger partial charge in [-0.05, 0) is 62.3 Å². The van der Waals surface area contributed by atoms with Gasteiger partial charge in [-0.25, -0.2) is 9.29 Å². The predicted molar refractivity (Wildman–Crippen MR) is 178 cm³/mol. The third kappa shape index (κ3) is 7.57. The van der Waals surface area contributed by atoms with Crippen LogP contribution in [0.2, 0.25) is 5.02 Å². The van der Waals surface area contributed by atoms with Gasteiger partial charge in [-0.3, -0.25) is 19.2 Å². The van der Waals surface area contributed by atoms with E-state index in [1.807, 2.05) is 35.9 Å². The topological polar surface area (TPSA) is 119 Å². The Balaban J connectivity index is 1.40. The molecule has 2 aromatic carbocycles. The highest BCUT2D eigenvalue weighted by Gasteiger charge is 2.50. The van der Waals surface area contributed by atoms with E-state index in [2.05, 4.69) is 5.32 Å². The molecule has 5 rings (SSSR count). The molecule has 2 fully saturated rings. The van der Waals surface area contributed by atoms with Crippen molar-refractivity contribution in [3.05, 3.63) is 64.6 Å². The van der Waals surface area contributed by atoms with Crippen molar-refractivity contribution in [1.82, 2.24) is 14.4 Å². The monoisotopic (exact) mass is 684 g/mol. The minimum absolute atomic E-state index is 0.0164. The summed E-state index contributed by atoms with van der Waals surface area (Å²) in [7, 11) is 6.35. The van der Waals surface area contributed by atoms with Crippen LogP contribution in [-0.2, 0) is 42.1 Å². The third-order valence-corrected chi connectivity index (χ3v) is 9.49. The summed E-state index contributed by atoms with van der Waals surface area (Å²) in [4.78, 5) is 55.5. The lowest BCUT2D eigenvalue weighted by Crippen LogP contribution is -2.60. The van der Waals surface area contributed by atoms with E-state index in [1.54, 1.807) is 25.2 Å². The first-order valence-electron chi connectivity index (χ1n) is 16.1. The fourth-order valence-corrected chi connectivity index (χ4v) is 6.68. The minimum Gasteiger partial charge on any atom is -0.469 e. The molecular weight excluding hydrogens is 643 g/mol. The van der Waals surface area contributed by atoms with Gasteiger partial charge in [0.15, 0.2) is 0 Å². The van der Waals surface area contributed by atoms with Crippen LogP contribution in [0.4, 0.5) is 10.1 Å². The number of hydrogen-bond acceptors (Lipinski definition) is 8. The summed E-state index contributed by atoms with van der Waals surface area (Å²) in [5.41, 5.74) is 1.31. The number of halogens is 2. The first kappa shape index (κ1) is 35.5. The van der Waals surface area contributed by atoms with Gasteiger partial charge in [-0.2, -0.15) is 0 Å². The number of nitrogens with zero attached hydrogens (tertiary/aromatic N) is 3. The van der Waals surface area contributed by atoms with Gasteiger partial charge in [0.05, 0.1) is 35.4 Å². The maximum atomic E-state index is 15.7. The third-order valence-electron chi connectivity index (χ3n) is 9.18. The van der Waals surface area contributed by atoms with Crippen molar-refractivity contribution in [2.45, 2.75) is 57.0 Å². The number of carbonyl (C=O) groups excluding carboxylic acids is 4. The lowest BCUT2D eigenvalue weighted by molar-refractivity contribution is -0.309. The summed E-state index contributed by atoms with van der Waals surface area (Å²) in [5.74, 6) is -4.69. The molecule has 1 saturated heterocycles. The number of likely N-dealkylation sites (N-methyl/N-ethyl adjacent to an activating group) is 1. The van der Waals surface area contributed by atoms with E-state index in [1.165, 1.54) is 18.1 Å². The summed E-state index contributed by atoms with van der Waals surface area (Å²) in [6, 6.07) is 9.84. The van der Waals surface area contributed by atoms with Gasteiger partial charge >= 0.3 is 5.97 Å². The number of aryl methyl sites for hydroxylation is 1. The van der Waals surface area contributed by atoms with E-state index in [0.29, 0.717) is 44.3 Å². The molecule has 2 aliphatic rings. The minimum atomic E-state index is -1.97. The number of aromatic nitrogens is 1. The molecule has 1 aliphatic carbocycles. The van der Waals surface area contributed by atoms with Crippen molar-refractivity contribution in [2.24, 2.45) is 13.0 Å². The van der Waals surface area contributed by atoms with E-state index in [4.69, 9.17) is 25.8 Å². The Bertz CT molecular complexity index is 1680. The SMILES string of the molecule is COC(=O)C1CCC(OC(OCC(=O)N(C)C)(C(=O)Cc2cc(Cl)c(NC(=O)c3cn(C)c4ccccc34)cc2F)N2CCCC2)CC1. The molecule has 11 nitrogen and oxygen atoms in total. The number of amides is 2. The van der Waals surface area contributed by atoms with Crippen LogP contribution in [0.25, 0.3) is 10.9 Å². The molecule has 258 valence electrons. The number of carbonyl (C=O) groups is 4. The van der Waals surface area contributed by atoms with Gasteiger partial charge in [0.25, 0.3) is 11.8 Å². The molecule has 13 heteroatoms. The summed E-state index contributed by atoms with van der Waals surface area (Å²) in [6.07, 6.45) is 4.31. The smallest absolute Gasteiger partial charge is 0.308 e. The fourth-order valence-electron chi connectivity index (χ4n) is 6.45. The molecular formula is C35H42ClFN4O7. The number of Topliss-reactive ketones (excluding diaryl/α,β-unsaturated/α-hetero) is 1. The van der Waals surface area contributed by atoms with E-state index >= 15 is 4.39 Å². The van der Waals surface area contributed by atoms with Crippen LogP contribution < -0.4 is 5.32 Å². The number of anilines is 1. The highest BCUT2D eigenvalue weighted by Crippen LogP contribution is 2.36. The number of methoxy groups -OCH3 is 1. The summed E-state index contributed by atoms with van der Waals surface area (Å²) < 4.78 is 35.2. The van der Waals surface area contributed by atoms with E-state index in [9.17, 15) is 19.2 Å². The van der Waals surface area contributed by atoms with E-state index in [-0.39, 0.29) is 34.1 Å². The maximum absolute atomic E-state index is 15.7. The highest BCUT2D eigenvalue weighted by atomic mass is 35.5. The first-order chi connectivity index (χ1) is 22.9. The highest BCUT2D eigenvalue weighted by molar-refractivity contribution is 6.34. The molecule has 1 atom stereocenters. The van der Waals surface area contributed by atoms with E-state index < -0.39 is 42.6 Å². The van der Waals surface area contributed by atoms with Crippen molar-refractivity contribution in [3.8, 4) is 0 Å². The number of para-hydroxylation sites is 1. The number of likely N-dealkylation sites (tertiary alicyclic amines) is 1. The summed E-state index contributed by atoms with van der Waals surface area (Å²) in [6.45, 7) is 0.513. The van der Waals surface area contributed by atoms with Crippen molar-refractivity contribution < 1.29 is 37.8 Å². The Hall–Kier alpha value is -3.84.